The van der Waals surface area contributed by atoms with Gasteiger partial charge in [-0.3, -0.25) is 19.7 Å². The van der Waals surface area contributed by atoms with Gasteiger partial charge in [-0.2, -0.15) is 13.2 Å². The Morgan fingerprint density at radius 3 is 2.04 bits per heavy atom. The molecule has 0 saturated heterocycles. The highest BCUT2D eigenvalue weighted by atomic mass is 19.4. The van der Waals surface area contributed by atoms with Crippen LogP contribution < -0.4 is 4.90 Å². The Morgan fingerprint density at radius 1 is 1.04 bits per heavy atom. The molecule has 6 nitrogen and oxygen atoms in total. The number of carbonyl (C=O) groups is 2. The number of amides is 2. The average Bonchev–Trinajstić information content (AvgIpc) is 3.42. The van der Waals surface area contributed by atoms with Crippen LogP contribution in [0, 0.1) is 10.1 Å². The predicted octanol–water partition coefficient (Wildman–Crippen LogP) is 4.29. The Kier molecular flexibility index (Phi) is 3.59. The number of nitro benzene ring substituents is 1. The highest BCUT2D eigenvalue weighted by Crippen LogP contribution is 2.49. The van der Waals surface area contributed by atoms with E-state index in [9.17, 15) is 32.9 Å². The fraction of sp³-hybridized carbons (Fsp3) is 0.222. The van der Waals surface area contributed by atoms with Crippen molar-refractivity contribution in [3.63, 3.8) is 0 Å². The van der Waals surface area contributed by atoms with Gasteiger partial charge in [0.15, 0.2) is 0 Å². The zero-order chi connectivity index (χ0) is 19.5. The van der Waals surface area contributed by atoms with Crippen molar-refractivity contribution in [2.75, 3.05) is 4.90 Å². The van der Waals surface area contributed by atoms with Gasteiger partial charge in [-0.05, 0) is 42.5 Å². The molecule has 1 aliphatic carbocycles. The molecule has 0 atom stereocenters. The second-order valence-corrected chi connectivity index (χ2v) is 6.45. The van der Waals surface area contributed by atoms with Gasteiger partial charge in [0.2, 0.25) is 0 Å². The molecule has 1 heterocycles. The number of alkyl halides is 3. The summed E-state index contributed by atoms with van der Waals surface area (Å²) >= 11 is 0. The van der Waals surface area contributed by atoms with Gasteiger partial charge in [0, 0.05) is 6.07 Å². The number of anilines is 1. The molecule has 1 fully saturated rings. The molecule has 2 aromatic carbocycles. The topological polar surface area (TPSA) is 80.5 Å². The van der Waals surface area contributed by atoms with E-state index >= 15 is 0 Å². The van der Waals surface area contributed by atoms with E-state index in [1.807, 2.05) is 0 Å². The summed E-state index contributed by atoms with van der Waals surface area (Å²) in [4.78, 5) is 36.2. The van der Waals surface area contributed by atoms with Crippen LogP contribution in [0.2, 0.25) is 0 Å². The van der Waals surface area contributed by atoms with E-state index in [4.69, 9.17) is 0 Å². The quantitative estimate of drug-likeness (QED) is 0.455. The van der Waals surface area contributed by atoms with Crippen LogP contribution in [0.3, 0.4) is 0 Å². The first-order chi connectivity index (χ1) is 12.7. The number of nitro groups is 1. The predicted molar refractivity (Wildman–Crippen MR) is 87.7 cm³/mol. The molecule has 2 aliphatic rings. The number of hydrogen-bond donors (Lipinski definition) is 0. The summed E-state index contributed by atoms with van der Waals surface area (Å²) < 4.78 is 40.6. The molecule has 0 bridgehead atoms. The van der Waals surface area contributed by atoms with E-state index in [0.717, 1.165) is 6.07 Å². The van der Waals surface area contributed by atoms with Crippen molar-refractivity contribution in [3.05, 3.63) is 68.8 Å². The summed E-state index contributed by atoms with van der Waals surface area (Å²) in [6.07, 6.45) is -3.75. The summed E-state index contributed by atoms with van der Waals surface area (Å²) in [6.45, 7) is 0. The fourth-order valence-corrected chi connectivity index (χ4v) is 3.30. The van der Waals surface area contributed by atoms with Crippen molar-refractivity contribution < 1.29 is 27.7 Å². The number of halogens is 3. The van der Waals surface area contributed by atoms with E-state index in [2.05, 4.69) is 0 Å². The van der Waals surface area contributed by atoms with Gasteiger partial charge >= 0.3 is 6.18 Å². The molecule has 2 amide bonds. The molecule has 1 saturated carbocycles. The number of nitrogens with zero attached hydrogens (tertiary/aromatic N) is 2. The molecule has 0 unspecified atom stereocenters. The third-order valence-corrected chi connectivity index (χ3v) is 4.70. The zero-order valence-electron chi connectivity index (χ0n) is 13.6. The molecular weight excluding hydrogens is 365 g/mol. The van der Waals surface area contributed by atoms with Gasteiger partial charge in [0.25, 0.3) is 17.5 Å². The van der Waals surface area contributed by atoms with Crippen LogP contribution in [0.1, 0.15) is 50.6 Å². The maximum Gasteiger partial charge on any atom is 0.416 e. The van der Waals surface area contributed by atoms with E-state index in [1.54, 1.807) is 0 Å². The molecule has 0 spiro atoms. The number of carbonyl (C=O) groups excluding carboxylic acids is 2. The van der Waals surface area contributed by atoms with Gasteiger partial charge in [0.1, 0.15) is 5.69 Å². The number of rotatable bonds is 3. The lowest BCUT2D eigenvalue weighted by Crippen LogP contribution is -2.30. The van der Waals surface area contributed by atoms with Crippen LogP contribution in [0.15, 0.2) is 36.4 Å². The van der Waals surface area contributed by atoms with Gasteiger partial charge < -0.3 is 0 Å². The highest BCUT2D eigenvalue weighted by molar-refractivity contribution is 6.35. The Bertz CT molecular complexity index is 977. The first kappa shape index (κ1) is 17.2. The Morgan fingerprint density at radius 2 is 1.59 bits per heavy atom. The lowest BCUT2D eigenvalue weighted by atomic mass is 10.00. The van der Waals surface area contributed by atoms with Gasteiger partial charge in [-0.1, -0.05) is 12.1 Å². The van der Waals surface area contributed by atoms with Gasteiger partial charge in [0.05, 0.1) is 21.6 Å². The molecule has 1 aliphatic heterocycles. The smallest absolute Gasteiger partial charge is 0.268 e. The van der Waals surface area contributed by atoms with Crippen LogP contribution in [0.4, 0.5) is 24.5 Å². The maximum absolute atomic E-state index is 13.5. The zero-order valence-corrected chi connectivity index (χ0v) is 13.6. The fourth-order valence-electron chi connectivity index (χ4n) is 3.30. The second kappa shape index (κ2) is 5.63. The van der Waals surface area contributed by atoms with E-state index in [-0.39, 0.29) is 16.7 Å². The third kappa shape index (κ3) is 2.66. The molecule has 27 heavy (non-hydrogen) atoms. The largest absolute Gasteiger partial charge is 0.416 e. The lowest BCUT2D eigenvalue weighted by molar-refractivity contribution is -0.384. The van der Waals surface area contributed by atoms with Crippen LogP contribution in [-0.2, 0) is 6.18 Å². The van der Waals surface area contributed by atoms with Crippen molar-refractivity contribution in [2.24, 2.45) is 0 Å². The van der Waals surface area contributed by atoms with E-state index in [0.29, 0.717) is 23.8 Å². The van der Waals surface area contributed by atoms with Crippen molar-refractivity contribution in [3.8, 4) is 0 Å². The molecule has 0 N–H and O–H groups in total. The maximum atomic E-state index is 13.5. The van der Waals surface area contributed by atoms with Gasteiger partial charge in [-0.15, -0.1) is 0 Å². The Labute approximate surface area is 150 Å². The summed E-state index contributed by atoms with van der Waals surface area (Å²) in [7, 11) is 0. The molecule has 9 heteroatoms. The monoisotopic (exact) mass is 376 g/mol. The number of hydrogen-bond acceptors (Lipinski definition) is 4. The summed E-state index contributed by atoms with van der Waals surface area (Å²) in [5, 5.41) is 11.5. The van der Waals surface area contributed by atoms with Crippen molar-refractivity contribution in [1.29, 1.82) is 0 Å². The lowest BCUT2D eigenvalue weighted by Gasteiger charge is -2.19. The number of benzene rings is 2. The minimum absolute atomic E-state index is 0.00312. The van der Waals surface area contributed by atoms with E-state index < -0.39 is 45.8 Å². The molecule has 0 aromatic heterocycles. The summed E-state index contributed by atoms with van der Waals surface area (Å²) in [5.41, 5.74) is -2.59. The first-order valence-corrected chi connectivity index (χ1v) is 8.07. The highest BCUT2D eigenvalue weighted by Gasteiger charge is 2.44. The minimum Gasteiger partial charge on any atom is -0.268 e. The standard InChI is InChI=1S/C18H11F3N2O4/c19-18(20,21)13-8-14(15(23(26)27)7-12(13)9-5-6-9)22-16(24)10-3-1-2-4-11(10)17(22)25/h1-4,7-9H,5-6H2. The third-order valence-electron chi connectivity index (χ3n) is 4.70. The van der Waals surface area contributed by atoms with Crippen molar-refractivity contribution in [1.82, 2.24) is 0 Å². The van der Waals surface area contributed by atoms with Crippen LogP contribution in [0.5, 0.6) is 0 Å². The minimum atomic E-state index is -4.76. The normalized spacial score (nSPS) is 16.6. The molecule has 138 valence electrons. The van der Waals surface area contributed by atoms with Crippen molar-refractivity contribution in [2.45, 2.75) is 24.9 Å². The summed E-state index contributed by atoms with van der Waals surface area (Å²) in [6, 6.07) is 7.10. The average molecular weight is 376 g/mol. The van der Waals surface area contributed by atoms with Crippen LogP contribution in [-0.4, -0.2) is 16.7 Å². The molecular formula is C18H11F3N2O4. The Hall–Kier alpha value is -3.23. The van der Waals surface area contributed by atoms with Crippen LogP contribution >= 0.6 is 0 Å². The molecule has 4 rings (SSSR count). The first-order valence-electron chi connectivity index (χ1n) is 8.07. The second-order valence-electron chi connectivity index (χ2n) is 6.45. The molecule has 2 aromatic rings. The van der Waals surface area contributed by atoms with Crippen LogP contribution in [0.25, 0.3) is 0 Å². The summed E-state index contributed by atoms with van der Waals surface area (Å²) in [5.74, 6) is -2.17. The van der Waals surface area contributed by atoms with E-state index in [1.165, 1.54) is 24.3 Å². The number of imide groups is 1. The van der Waals surface area contributed by atoms with Gasteiger partial charge in [-0.25, -0.2) is 4.90 Å². The number of fused-ring (bicyclic) bond motifs is 1. The Balaban J connectivity index is 1.94. The SMILES string of the molecule is O=C1c2ccccc2C(=O)N1c1cc(C(F)(F)F)c(C2CC2)cc1[N+](=O)[O-]. The van der Waals surface area contributed by atoms with Crippen molar-refractivity contribution >= 4 is 23.2 Å². The molecule has 0 radical (unpaired) electrons.